The Bertz CT molecular complexity index is 780. The lowest BCUT2D eigenvalue weighted by Crippen LogP contribution is -2.18. The largest absolute Gasteiger partial charge is 0.465 e. The van der Waals surface area contributed by atoms with Gasteiger partial charge in [-0.05, 0) is 80.0 Å². The van der Waals surface area contributed by atoms with Gasteiger partial charge in [0, 0.05) is 4.88 Å². The van der Waals surface area contributed by atoms with Gasteiger partial charge in [0.15, 0.2) is 0 Å². The van der Waals surface area contributed by atoms with E-state index < -0.39 is 0 Å². The molecule has 0 bridgehead atoms. The fourth-order valence-electron chi connectivity index (χ4n) is 4.78. The van der Waals surface area contributed by atoms with Gasteiger partial charge in [0.2, 0.25) is 0 Å². The predicted molar refractivity (Wildman–Crippen MR) is 124 cm³/mol. The molecule has 3 nitrogen and oxygen atoms in total. The third kappa shape index (κ3) is 6.18. The highest BCUT2D eigenvalue weighted by atomic mass is 32.1. The minimum Gasteiger partial charge on any atom is -0.465 e. The van der Waals surface area contributed by atoms with Crippen molar-refractivity contribution in [1.29, 1.82) is 0 Å². The van der Waals surface area contributed by atoms with Crippen LogP contribution >= 0.6 is 11.3 Å². The van der Waals surface area contributed by atoms with Gasteiger partial charge in [0.1, 0.15) is 4.88 Å². The molecule has 3 rings (SSSR count). The van der Waals surface area contributed by atoms with E-state index in [0.29, 0.717) is 16.7 Å². The van der Waals surface area contributed by atoms with Crippen molar-refractivity contribution in [3.05, 3.63) is 57.3 Å². The van der Waals surface area contributed by atoms with Gasteiger partial charge in [-0.15, -0.1) is 11.3 Å². The molecule has 1 aromatic carbocycles. The lowest BCUT2D eigenvalue weighted by molar-refractivity contribution is 0.0606. The van der Waals surface area contributed by atoms with Gasteiger partial charge in [-0.1, -0.05) is 50.5 Å². The van der Waals surface area contributed by atoms with Crippen LogP contribution in [0.15, 0.2) is 36.4 Å². The summed E-state index contributed by atoms with van der Waals surface area (Å²) < 4.78 is 4.79. The number of carbonyl (C=O) groups excluding carboxylic acids is 1. The number of hydrogen-bond donors (Lipinski definition) is 1. The van der Waals surface area contributed by atoms with Crippen LogP contribution in [-0.2, 0) is 17.6 Å². The number of rotatable bonds is 11. The zero-order valence-electron chi connectivity index (χ0n) is 18.4. The molecular weight excluding hydrogens is 392 g/mol. The normalized spacial score (nSPS) is 21.1. The summed E-state index contributed by atoms with van der Waals surface area (Å²) in [7, 11) is 1.42. The molecule has 0 amide bonds. The van der Waals surface area contributed by atoms with Crippen LogP contribution in [0.3, 0.4) is 0 Å². The highest BCUT2D eigenvalue weighted by Gasteiger charge is 2.35. The third-order valence-electron chi connectivity index (χ3n) is 6.52. The van der Waals surface area contributed by atoms with Crippen LogP contribution in [0.4, 0.5) is 0 Å². The van der Waals surface area contributed by atoms with Gasteiger partial charge in [-0.3, -0.25) is 0 Å². The van der Waals surface area contributed by atoms with Crippen LogP contribution in [0.1, 0.15) is 89.9 Å². The molecule has 1 aliphatic carbocycles. The number of methoxy groups -OCH3 is 1. The quantitative estimate of drug-likeness (QED) is 0.327. The van der Waals surface area contributed by atoms with E-state index in [0.717, 1.165) is 32.1 Å². The van der Waals surface area contributed by atoms with Crippen LogP contribution < -0.4 is 0 Å². The van der Waals surface area contributed by atoms with Crippen LogP contribution in [0.5, 0.6) is 0 Å². The Hall–Kier alpha value is -1.65. The molecular formula is C26H36O3S. The minimum absolute atomic E-state index is 0.197. The number of aryl methyl sites for hydroxylation is 2. The Kier molecular flexibility index (Phi) is 8.95. The number of esters is 1. The average Bonchev–Trinajstić information content (AvgIpc) is 3.38. The van der Waals surface area contributed by atoms with Crippen molar-refractivity contribution in [2.45, 2.75) is 83.2 Å². The molecule has 1 aliphatic rings. The molecule has 3 atom stereocenters. The summed E-state index contributed by atoms with van der Waals surface area (Å²) in [6.45, 7) is 2.25. The van der Waals surface area contributed by atoms with Crippen molar-refractivity contribution in [3.63, 3.8) is 0 Å². The van der Waals surface area contributed by atoms with E-state index in [4.69, 9.17) is 4.74 Å². The molecule has 1 N–H and O–H groups in total. The summed E-state index contributed by atoms with van der Waals surface area (Å²) in [5.74, 6) is 0.537. The van der Waals surface area contributed by atoms with Gasteiger partial charge >= 0.3 is 5.97 Å². The Morgan fingerprint density at radius 2 is 1.83 bits per heavy atom. The molecule has 1 heterocycles. The summed E-state index contributed by atoms with van der Waals surface area (Å²) in [5.41, 5.74) is 2.82. The molecule has 1 fully saturated rings. The number of aliphatic hydroxyl groups excluding tert-OH is 1. The molecule has 30 heavy (non-hydrogen) atoms. The van der Waals surface area contributed by atoms with Gasteiger partial charge < -0.3 is 9.84 Å². The van der Waals surface area contributed by atoms with Crippen molar-refractivity contribution in [2.24, 2.45) is 5.92 Å². The van der Waals surface area contributed by atoms with Gasteiger partial charge in [0.25, 0.3) is 0 Å². The molecule has 0 radical (unpaired) electrons. The van der Waals surface area contributed by atoms with Crippen molar-refractivity contribution in [3.8, 4) is 0 Å². The van der Waals surface area contributed by atoms with Crippen LogP contribution in [0, 0.1) is 5.92 Å². The SMILES string of the molecule is CCCCCCc1ccc(C2CCC(O)[C@@H]2CCCc2ccc(C(=O)OC)s2)cc1. The molecule has 0 spiro atoms. The Balaban J connectivity index is 1.52. The number of ether oxygens (including phenoxy) is 1. The summed E-state index contributed by atoms with van der Waals surface area (Å²) >= 11 is 1.52. The van der Waals surface area contributed by atoms with E-state index in [2.05, 4.69) is 31.2 Å². The fraction of sp³-hybridized carbons (Fsp3) is 0.577. The van der Waals surface area contributed by atoms with Gasteiger partial charge in [-0.2, -0.15) is 0 Å². The Morgan fingerprint density at radius 3 is 2.57 bits per heavy atom. The molecule has 2 unspecified atom stereocenters. The number of carbonyl (C=O) groups is 1. The number of unbranched alkanes of at least 4 members (excludes halogenated alkanes) is 3. The molecule has 4 heteroatoms. The number of benzene rings is 1. The third-order valence-corrected chi connectivity index (χ3v) is 7.65. The molecule has 0 saturated heterocycles. The Morgan fingerprint density at radius 1 is 1.03 bits per heavy atom. The molecule has 0 aliphatic heterocycles. The highest BCUT2D eigenvalue weighted by molar-refractivity contribution is 7.13. The molecule has 1 aromatic heterocycles. The van der Waals surface area contributed by atoms with Crippen molar-refractivity contribution >= 4 is 17.3 Å². The van der Waals surface area contributed by atoms with E-state index in [1.54, 1.807) is 0 Å². The van der Waals surface area contributed by atoms with Crippen molar-refractivity contribution < 1.29 is 14.6 Å². The minimum atomic E-state index is -0.258. The first-order valence-electron chi connectivity index (χ1n) is 11.6. The van der Waals surface area contributed by atoms with E-state index in [1.165, 1.54) is 66.6 Å². The zero-order chi connectivity index (χ0) is 21.3. The van der Waals surface area contributed by atoms with E-state index in [-0.39, 0.29) is 12.1 Å². The molecule has 1 saturated carbocycles. The second-order valence-electron chi connectivity index (χ2n) is 8.62. The lowest BCUT2D eigenvalue weighted by Gasteiger charge is -2.23. The lowest BCUT2D eigenvalue weighted by atomic mass is 9.84. The standard InChI is InChI=1S/C26H36O3S/c1-3-4-5-6-8-19-11-13-20(14-12-19)22-16-17-24(27)23(22)10-7-9-21-15-18-25(30-21)26(28)29-2/h11-15,18,22-24,27H,3-10,16-17H2,1-2H3/t22?,23-,24?/m1/s1. The predicted octanol–water partition coefficient (Wildman–Crippen LogP) is 6.53. The first-order valence-corrected chi connectivity index (χ1v) is 12.4. The van der Waals surface area contributed by atoms with Crippen molar-refractivity contribution in [1.82, 2.24) is 0 Å². The van der Waals surface area contributed by atoms with Crippen molar-refractivity contribution in [2.75, 3.05) is 7.11 Å². The zero-order valence-corrected chi connectivity index (χ0v) is 19.3. The fourth-order valence-corrected chi connectivity index (χ4v) is 5.74. The van der Waals surface area contributed by atoms with Crippen LogP contribution in [0.25, 0.3) is 0 Å². The van der Waals surface area contributed by atoms with Crippen LogP contribution in [-0.4, -0.2) is 24.3 Å². The summed E-state index contributed by atoms with van der Waals surface area (Å²) in [5, 5.41) is 10.6. The topological polar surface area (TPSA) is 46.5 Å². The highest BCUT2D eigenvalue weighted by Crippen LogP contribution is 2.42. The van der Waals surface area contributed by atoms with Gasteiger partial charge in [-0.25, -0.2) is 4.79 Å². The maximum absolute atomic E-state index is 11.6. The van der Waals surface area contributed by atoms with E-state index >= 15 is 0 Å². The summed E-state index contributed by atoms with van der Waals surface area (Å²) in [6.07, 6.45) is 11.2. The van der Waals surface area contributed by atoms with E-state index in [9.17, 15) is 9.90 Å². The molecule has 164 valence electrons. The van der Waals surface area contributed by atoms with Gasteiger partial charge in [0.05, 0.1) is 13.2 Å². The monoisotopic (exact) mass is 428 g/mol. The smallest absolute Gasteiger partial charge is 0.348 e. The maximum Gasteiger partial charge on any atom is 0.348 e. The number of thiophene rings is 1. The number of hydrogen-bond acceptors (Lipinski definition) is 4. The average molecular weight is 429 g/mol. The summed E-state index contributed by atoms with van der Waals surface area (Å²) in [6, 6.07) is 13.1. The summed E-state index contributed by atoms with van der Waals surface area (Å²) in [4.78, 5) is 13.5. The molecule has 2 aromatic rings. The second-order valence-corrected chi connectivity index (χ2v) is 9.79. The van der Waals surface area contributed by atoms with Crippen LogP contribution in [0.2, 0.25) is 0 Å². The Labute approximate surface area is 185 Å². The second kappa shape index (κ2) is 11.7. The first-order chi connectivity index (χ1) is 14.6. The number of aliphatic hydroxyl groups is 1. The first kappa shape index (κ1) is 23.0. The maximum atomic E-state index is 11.6. The van der Waals surface area contributed by atoms with E-state index in [1.807, 2.05) is 12.1 Å².